The molecule has 2 heterocycles. The van der Waals surface area contributed by atoms with E-state index in [-0.39, 0.29) is 24.6 Å². The molecule has 1 aliphatic heterocycles. The van der Waals surface area contributed by atoms with Gasteiger partial charge in [0.2, 0.25) is 0 Å². The molecule has 1 atom stereocenters. The van der Waals surface area contributed by atoms with Crippen LogP contribution in [0.25, 0.3) is 6.08 Å². The minimum absolute atomic E-state index is 0.0485. The molecule has 0 saturated carbocycles. The lowest BCUT2D eigenvalue weighted by Crippen LogP contribution is -2.39. The second-order valence-corrected chi connectivity index (χ2v) is 10.9. The van der Waals surface area contributed by atoms with Gasteiger partial charge in [0, 0.05) is 16.0 Å². The molecule has 0 spiro atoms. The van der Waals surface area contributed by atoms with Crippen molar-refractivity contribution in [1.29, 1.82) is 0 Å². The SMILES string of the molecule is CCOC(=O)C1=C(C)N=c2s/c(=C\c3ccccc3OCc3ccccc3F)c(=O)n2[C@H]1c1ccc(SC)cc1. The number of carbonyl (C=O) groups is 1. The number of rotatable bonds is 8. The summed E-state index contributed by atoms with van der Waals surface area (Å²) in [5.74, 6) is -0.320. The summed E-state index contributed by atoms with van der Waals surface area (Å²) in [7, 11) is 0. The summed E-state index contributed by atoms with van der Waals surface area (Å²) < 4.78 is 27.5. The van der Waals surface area contributed by atoms with Gasteiger partial charge in [0.05, 0.1) is 28.5 Å². The van der Waals surface area contributed by atoms with Crippen LogP contribution in [0.4, 0.5) is 4.39 Å². The highest BCUT2D eigenvalue weighted by atomic mass is 32.2. The second-order valence-electron chi connectivity index (χ2n) is 8.99. The molecule has 40 heavy (non-hydrogen) atoms. The van der Waals surface area contributed by atoms with Crippen LogP contribution in [0.1, 0.15) is 36.6 Å². The minimum Gasteiger partial charge on any atom is -0.488 e. The van der Waals surface area contributed by atoms with Gasteiger partial charge < -0.3 is 9.47 Å². The highest BCUT2D eigenvalue weighted by Crippen LogP contribution is 2.31. The maximum absolute atomic E-state index is 14.1. The van der Waals surface area contributed by atoms with Gasteiger partial charge in [0.25, 0.3) is 5.56 Å². The maximum atomic E-state index is 14.1. The van der Waals surface area contributed by atoms with Crippen LogP contribution < -0.4 is 19.6 Å². The van der Waals surface area contributed by atoms with Crippen molar-refractivity contribution in [1.82, 2.24) is 4.57 Å². The van der Waals surface area contributed by atoms with E-state index in [0.29, 0.717) is 37.5 Å². The number of hydrogen-bond donors (Lipinski definition) is 0. The number of para-hydroxylation sites is 1. The molecule has 0 aliphatic carbocycles. The quantitative estimate of drug-likeness (QED) is 0.213. The van der Waals surface area contributed by atoms with Crippen molar-refractivity contribution in [3.8, 4) is 5.75 Å². The predicted molar refractivity (Wildman–Crippen MR) is 156 cm³/mol. The Bertz CT molecular complexity index is 1770. The zero-order valence-electron chi connectivity index (χ0n) is 22.2. The van der Waals surface area contributed by atoms with E-state index >= 15 is 0 Å². The molecule has 4 aromatic rings. The fraction of sp³-hybridized carbons (Fsp3) is 0.194. The van der Waals surface area contributed by atoms with Crippen LogP contribution in [0, 0.1) is 5.82 Å². The normalized spacial score (nSPS) is 15.0. The molecule has 0 unspecified atom stereocenters. The van der Waals surface area contributed by atoms with Crippen LogP contribution >= 0.6 is 23.1 Å². The van der Waals surface area contributed by atoms with Crippen LogP contribution in [0.15, 0.2) is 98.7 Å². The van der Waals surface area contributed by atoms with E-state index in [4.69, 9.17) is 9.47 Å². The van der Waals surface area contributed by atoms with Crippen molar-refractivity contribution >= 4 is 35.1 Å². The van der Waals surface area contributed by atoms with E-state index in [9.17, 15) is 14.0 Å². The number of esters is 1. The lowest BCUT2D eigenvalue weighted by molar-refractivity contribution is -0.139. The molecule has 3 aromatic carbocycles. The molecular weight excluding hydrogens is 547 g/mol. The van der Waals surface area contributed by atoms with Gasteiger partial charge in [-0.1, -0.05) is 59.9 Å². The van der Waals surface area contributed by atoms with E-state index in [1.165, 1.54) is 17.4 Å². The first-order valence-electron chi connectivity index (χ1n) is 12.7. The van der Waals surface area contributed by atoms with Gasteiger partial charge in [0.1, 0.15) is 18.2 Å². The van der Waals surface area contributed by atoms with Crippen molar-refractivity contribution in [2.75, 3.05) is 12.9 Å². The van der Waals surface area contributed by atoms with Crippen LogP contribution in [-0.2, 0) is 16.1 Å². The first kappa shape index (κ1) is 27.6. The number of ether oxygens (including phenoxy) is 2. The molecule has 1 aliphatic rings. The van der Waals surface area contributed by atoms with Crippen LogP contribution in [0.2, 0.25) is 0 Å². The maximum Gasteiger partial charge on any atom is 0.338 e. The number of allylic oxidation sites excluding steroid dienone is 1. The fourth-order valence-corrected chi connectivity index (χ4v) is 5.98. The Morgan fingerprint density at radius 2 is 1.82 bits per heavy atom. The van der Waals surface area contributed by atoms with Crippen molar-refractivity contribution < 1.29 is 18.7 Å². The number of fused-ring (bicyclic) bond motifs is 1. The number of nitrogens with zero attached hydrogens (tertiary/aromatic N) is 2. The number of carbonyl (C=O) groups excluding carboxylic acids is 1. The topological polar surface area (TPSA) is 69.9 Å². The molecule has 1 aromatic heterocycles. The monoisotopic (exact) mass is 574 g/mol. The summed E-state index contributed by atoms with van der Waals surface area (Å²) in [4.78, 5) is 33.2. The Morgan fingerprint density at radius 1 is 1.10 bits per heavy atom. The van der Waals surface area contributed by atoms with E-state index in [0.717, 1.165) is 10.5 Å². The lowest BCUT2D eigenvalue weighted by atomic mass is 9.96. The van der Waals surface area contributed by atoms with Crippen LogP contribution in [0.3, 0.4) is 0 Å². The van der Waals surface area contributed by atoms with Gasteiger partial charge in [-0.3, -0.25) is 9.36 Å². The van der Waals surface area contributed by atoms with Gasteiger partial charge in [-0.2, -0.15) is 0 Å². The first-order valence-corrected chi connectivity index (χ1v) is 14.7. The van der Waals surface area contributed by atoms with Crippen LogP contribution in [-0.4, -0.2) is 23.4 Å². The van der Waals surface area contributed by atoms with Crippen LogP contribution in [0.5, 0.6) is 5.75 Å². The number of halogens is 1. The highest BCUT2D eigenvalue weighted by molar-refractivity contribution is 7.98. The third-order valence-electron chi connectivity index (χ3n) is 6.50. The number of thiazole rings is 1. The third kappa shape index (κ3) is 5.52. The average Bonchev–Trinajstić information content (AvgIpc) is 3.26. The molecule has 5 rings (SSSR count). The average molecular weight is 575 g/mol. The Balaban J connectivity index is 1.60. The van der Waals surface area contributed by atoms with E-state index in [1.54, 1.807) is 60.5 Å². The molecule has 0 fully saturated rings. The summed E-state index contributed by atoms with van der Waals surface area (Å²) in [5.41, 5.74) is 2.47. The molecule has 0 bridgehead atoms. The zero-order chi connectivity index (χ0) is 28.2. The van der Waals surface area contributed by atoms with E-state index in [2.05, 4.69) is 4.99 Å². The predicted octanol–water partition coefficient (Wildman–Crippen LogP) is 5.24. The number of thioether (sulfide) groups is 1. The molecule has 204 valence electrons. The van der Waals surface area contributed by atoms with Gasteiger partial charge >= 0.3 is 5.97 Å². The number of aromatic nitrogens is 1. The first-order chi connectivity index (χ1) is 19.4. The second kappa shape index (κ2) is 12.1. The molecular formula is C31H27FN2O4S2. The minimum atomic E-state index is -0.680. The standard InChI is InChI=1S/C31H27FN2O4S2/c1-4-37-30(36)27-19(2)33-31-34(28(27)20-13-15-23(39-3)16-14-20)29(35)26(40-31)17-21-9-6-8-12-25(21)38-18-22-10-5-7-11-24(22)32/h5-17,28H,4,18H2,1-3H3/b26-17-/t28-/m0/s1. The highest BCUT2D eigenvalue weighted by Gasteiger charge is 2.33. The van der Waals surface area contributed by atoms with Gasteiger partial charge in [0.15, 0.2) is 4.80 Å². The van der Waals surface area contributed by atoms with Crippen molar-refractivity contribution in [3.63, 3.8) is 0 Å². The molecule has 0 saturated heterocycles. The Hall–Kier alpha value is -3.95. The lowest BCUT2D eigenvalue weighted by Gasteiger charge is -2.24. The van der Waals surface area contributed by atoms with E-state index in [1.807, 2.05) is 48.7 Å². The molecule has 6 nitrogen and oxygen atoms in total. The summed E-state index contributed by atoms with van der Waals surface area (Å²) in [6, 6.07) is 20.8. The van der Waals surface area contributed by atoms with Crippen molar-refractivity contribution in [3.05, 3.63) is 126 Å². The molecule has 0 N–H and O–H groups in total. The number of benzene rings is 3. The number of hydrogen-bond acceptors (Lipinski definition) is 7. The Labute approximate surface area is 239 Å². The Morgan fingerprint density at radius 3 is 2.55 bits per heavy atom. The molecule has 0 radical (unpaired) electrons. The summed E-state index contributed by atoms with van der Waals surface area (Å²) in [6.07, 6.45) is 3.74. The summed E-state index contributed by atoms with van der Waals surface area (Å²) in [5, 5.41) is 0. The smallest absolute Gasteiger partial charge is 0.338 e. The zero-order valence-corrected chi connectivity index (χ0v) is 23.9. The van der Waals surface area contributed by atoms with Gasteiger partial charge in [-0.15, -0.1) is 11.8 Å². The van der Waals surface area contributed by atoms with Gasteiger partial charge in [-0.25, -0.2) is 14.2 Å². The Kier molecular flexibility index (Phi) is 8.32. The third-order valence-corrected chi connectivity index (χ3v) is 8.22. The van der Waals surface area contributed by atoms with Gasteiger partial charge in [-0.05, 0) is 56.0 Å². The van der Waals surface area contributed by atoms with Crippen molar-refractivity contribution in [2.24, 2.45) is 4.99 Å². The summed E-state index contributed by atoms with van der Waals surface area (Å²) >= 11 is 2.85. The largest absolute Gasteiger partial charge is 0.488 e. The van der Waals surface area contributed by atoms with E-state index < -0.39 is 12.0 Å². The fourth-order valence-electron chi connectivity index (χ4n) is 4.54. The molecule has 9 heteroatoms. The van der Waals surface area contributed by atoms with Crippen molar-refractivity contribution in [2.45, 2.75) is 31.4 Å². The summed E-state index contributed by atoms with van der Waals surface area (Å²) in [6.45, 7) is 3.77. The molecule has 0 amide bonds.